The van der Waals surface area contributed by atoms with E-state index in [0.717, 1.165) is 23.1 Å². The minimum atomic E-state index is -0.0460. The van der Waals surface area contributed by atoms with Gasteiger partial charge in [0.05, 0.1) is 0 Å². The van der Waals surface area contributed by atoms with Crippen LogP contribution in [0.2, 0.25) is 0 Å². The molecule has 0 spiro atoms. The summed E-state index contributed by atoms with van der Waals surface area (Å²) in [5.74, 6) is 0.922. The van der Waals surface area contributed by atoms with Crippen molar-refractivity contribution in [3.63, 3.8) is 0 Å². The fraction of sp³-hybridized carbons (Fsp3) is 0.286. The van der Waals surface area contributed by atoms with Gasteiger partial charge in [-0.05, 0) is 17.7 Å². The third-order valence-electron chi connectivity index (χ3n) is 2.93. The molecular weight excluding hydrogens is 306 g/mol. The molecule has 1 N–H and O–H groups in total. The number of hydrogen-bond acceptors (Lipinski definition) is 2. The van der Waals surface area contributed by atoms with E-state index in [4.69, 9.17) is 0 Å². The predicted octanol–water partition coefficient (Wildman–Crippen LogP) is 2.29. The topological polar surface area (TPSA) is 46.9 Å². The predicted molar refractivity (Wildman–Crippen MR) is 78.3 cm³/mol. The first-order chi connectivity index (χ1) is 9.20. The lowest BCUT2D eigenvalue weighted by Gasteiger charge is -2.06. The molecule has 2 aromatic rings. The number of aromatic nitrogens is 2. The Balaban J connectivity index is 1.85. The van der Waals surface area contributed by atoms with Crippen molar-refractivity contribution in [2.75, 3.05) is 6.54 Å². The number of aryl methyl sites for hydroxylation is 1. The van der Waals surface area contributed by atoms with Crippen LogP contribution in [0.1, 0.15) is 21.7 Å². The normalized spacial score (nSPS) is 10.4. The van der Waals surface area contributed by atoms with E-state index in [0.29, 0.717) is 12.1 Å². The Kier molecular flexibility index (Phi) is 4.74. The highest BCUT2D eigenvalue weighted by atomic mass is 79.9. The monoisotopic (exact) mass is 321 g/mol. The molecule has 1 amide bonds. The molecule has 0 atom stereocenters. The summed E-state index contributed by atoms with van der Waals surface area (Å²) < 4.78 is 1.96. The smallest absolute Gasteiger partial charge is 0.251 e. The molecule has 100 valence electrons. The van der Waals surface area contributed by atoms with Gasteiger partial charge in [0.2, 0.25) is 0 Å². The van der Waals surface area contributed by atoms with Gasteiger partial charge in [0, 0.05) is 43.3 Å². The number of carbonyl (C=O) groups excluding carboxylic acids is 1. The zero-order valence-corrected chi connectivity index (χ0v) is 12.4. The minimum Gasteiger partial charge on any atom is -0.352 e. The second-order valence-electron chi connectivity index (χ2n) is 4.29. The molecule has 0 aliphatic rings. The van der Waals surface area contributed by atoms with Gasteiger partial charge in [-0.2, -0.15) is 0 Å². The number of carbonyl (C=O) groups is 1. The van der Waals surface area contributed by atoms with E-state index < -0.39 is 0 Å². The Morgan fingerprint density at radius 2 is 2.11 bits per heavy atom. The molecule has 0 aliphatic heterocycles. The lowest BCUT2D eigenvalue weighted by molar-refractivity contribution is 0.0954. The fourth-order valence-electron chi connectivity index (χ4n) is 1.77. The van der Waals surface area contributed by atoms with E-state index in [1.165, 1.54) is 0 Å². The molecule has 19 heavy (non-hydrogen) atoms. The lowest BCUT2D eigenvalue weighted by Crippen LogP contribution is -2.26. The summed E-state index contributed by atoms with van der Waals surface area (Å²) in [6, 6.07) is 7.57. The van der Waals surface area contributed by atoms with Gasteiger partial charge < -0.3 is 9.88 Å². The first-order valence-electron chi connectivity index (χ1n) is 6.10. The third kappa shape index (κ3) is 3.67. The first-order valence-corrected chi connectivity index (χ1v) is 7.22. The Labute approximate surface area is 121 Å². The van der Waals surface area contributed by atoms with Crippen LogP contribution in [-0.2, 0) is 18.8 Å². The summed E-state index contributed by atoms with van der Waals surface area (Å²) in [7, 11) is 1.95. The molecule has 0 saturated heterocycles. The summed E-state index contributed by atoms with van der Waals surface area (Å²) in [5.41, 5.74) is 1.84. The van der Waals surface area contributed by atoms with Gasteiger partial charge >= 0.3 is 0 Å². The molecule has 5 heteroatoms. The molecule has 1 aromatic carbocycles. The number of hydrogen-bond donors (Lipinski definition) is 1. The number of nitrogens with one attached hydrogen (secondary N) is 1. The largest absolute Gasteiger partial charge is 0.352 e. The second-order valence-corrected chi connectivity index (χ2v) is 4.85. The van der Waals surface area contributed by atoms with Crippen LogP contribution in [0, 0.1) is 0 Å². The molecule has 0 bridgehead atoms. The van der Waals surface area contributed by atoms with Gasteiger partial charge in [-0.1, -0.05) is 28.1 Å². The van der Waals surface area contributed by atoms with Crippen LogP contribution in [-0.4, -0.2) is 22.0 Å². The van der Waals surface area contributed by atoms with Crippen LogP contribution >= 0.6 is 15.9 Å². The van der Waals surface area contributed by atoms with Gasteiger partial charge in [0.1, 0.15) is 5.82 Å². The average Bonchev–Trinajstić information content (AvgIpc) is 2.84. The first kappa shape index (κ1) is 13.8. The van der Waals surface area contributed by atoms with Crippen molar-refractivity contribution in [3.8, 4) is 0 Å². The zero-order chi connectivity index (χ0) is 13.7. The lowest BCUT2D eigenvalue weighted by atomic mass is 10.1. The average molecular weight is 322 g/mol. The van der Waals surface area contributed by atoms with E-state index in [1.54, 1.807) is 6.20 Å². The maximum Gasteiger partial charge on any atom is 0.251 e. The fourth-order valence-corrected chi connectivity index (χ4v) is 2.15. The summed E-state index contributed by atoms with van der Waals surface area (Å²) in [4.78, 5) is 16.1. The number of imidazole rings is 1. The van der Waals surface area contributed by atoms with Crippen molar-refractivity contribution in [1.29, 1.82) is 0 Å². The van der Waals surface area contributed by atoms with E-state index >= 15 is 0 Å². The zero-order valence-electron chi connectivity index (χ0n) is 10.8. The third-order valence-corrected chi connectivity index (χ3v) is 3.57. The van der Waals surface area contributed by atoms with Crippen molar-refractivity contribution < 1.29 is 4.79 Å². The number of halogens is 1. The van der Waals surface area contributed by atoms with Crippen LogP contribution in [0.4, 0.5) is 0 Å². The molecular formula is C14H16BrN3O. The molecule has 2 rings (SSSR count). The van der Waals surface area contributed by atoms with E-state index in [-0.39, 0.29) is 5.91 Å². The molecule has 0 saturated carbocycles. The highest BCUT2D eigenvalue weighted by Crippen LogP contribution is 2.07. The van der Waals surface area contributed by atoms with Gasteiger partial charge in [0.15, 0.2) is 0 Å². The summed E-state index contributed by atoms with van der Waals surface area (Å²) in [6.07, 6.45) is 4.39. The summed E-state index contributed by atoms with van der Waals surface area (Å²) in [5, 5.41) is 3.70. The molecule has 0 unspecified atom stereocenters. The van der Waals surface area contributed by atoms with E-state index in [9.17, 15) is 4.79 Å². The maximum absolute atomic E-state index is 11.9. The van der Waals surface area contributed by atoms with Crippen LogP contribution in [0.15, 0.2) is 36.7 Å². The van der Waals surface area contributed by atoms with Crippen molar-refractivity contribution in [1.82, 2.24) is 14.9 Å². The van der Waals surface area contributed by atoms with Crippen LogP contribution in [0.5, 0.6) is 0 Å². The Bertz CT molecular complexity index is 548. The quantitative estimate of drug-likeness (QED) is 0.859. The highest BCUT2D eigenvalue weighted by molar-refractivity contribution is 9.08. The number of amides is 1. The Hall–Kier alpha value is -1.62. The van der Waals surface area contributed by atoms with Crippen molar-refractivity contribution in [2.45, 2.75) is 11.8 Å². The number of alkyl halides is 1. The molecule has 4 nitrogen and oxygen atoms in total. The minimum absolute atomic E-state index is 0.0460. The molecule has 0 radical (unpaired) electrons. The van der Waals surface area contributed by atoms with Crippen LogP contribution in [0.3, 0.4) is 0 Å². The Morgan fingerprint density at radius 3 is 2.68 bits per heavy atom. The number of rotatable bonds is 5. The van der Waals surface area contributed by atoms with Crippen molar-refractivity contribution >= 4 is 21.8 Å². The second kappa shape index (κ2) is 6.52. The number of nitrogens with zero attached hydrogens (tertiary/aromatic N) is 2. The van der Waals surface area contributed by atoms with Gasteiger partial charge in [-0.15, -0.1) is 0 Å². The van der Waals surface area contributed by atoms with Gasteiger partial charge in [-0.3, -0.25) is 4.79 Å². The van der Waals surface area contributed by atoms with E-state index in [1.807, 2.05) is 42.1 Å². The summed E-state index contributed by atoms with van der Waals surface area (Å²) >= 11 is 3.38. The van der Waals surface area contributed by atoms with Gasteiger partial charge in [-0.25, -0.2) is 4.98 Å². The molecule has 0 aliphatic carbocycles. The maximum atomic E-state index is 11.9. The van der Waals surface area contributed by atoms with Gasteiger partial charge in [0.25, 0.3) is 5.91 Å². The summed E-state index contributed by atoms with van der Waals surface area (Å²) in [6.45, 7) is 0.587. The van der Waals surface area contributed by atoms with E-state index in [2.05, 4.69) is 26.2 Å². The highest BCUT2D eigenvalue weighted by Gasteiger charge is 2.05. The molecule has 1 heterocycles. The number of benzene rings is 1. The van der Waals surface area contributed by atoms with Crippen LogP contribution in [0.25, 0.3) is 0 Å². The SMILES string of the molecule is Cn1ccnc1CCNC(=O)c1ccc(CBr)cc1. The van der Waals surface area contributed by atoms with Crippen molar-refractivity contribution in [3.05, 3.63) is 53.6 Å². The standard InChI is InChI=1S/C14H16BrN3O/c1-18-9-8-16-13(18)6-7-17-14(19)12-4-2-11(10-15)3-5-12/h2-5,8-9H,6-7,10H2,1H3,(H,17,19). The van der Waals surface area contributed by atoms with Crippen molar-refractivity contribution in [2.24, 2.45) is 7.05 Å². The molecule has 1 aromatic heterocycles. The Morgan fingerprint density at radius 1 is 1.37 bits per heavy atom. The van der Waals surface area contributed by atoms with Crippen LogP contribution < -0.4 is 5.32 Å². The molecule has 0 fully saturated rings.